The Balaban J connectivity index is 2.45. The molecule has 1 heterocycles. The number of hydrogen-bond acceptors (Lipinski definition) is 3. The van der Waals surface area contributed by atoms with Gasteiger partial charge in [-0.15, -0.1) is 0 Å². The number of fused-ring (bicyclic) bond motifs is 1. The van der Waals surface area contributed by atoms with E-state index in [1.165, 1.54) is 0 Å². The number of unbranched alkanes of at least 4 members (excludes halogenated alkanes) is 1. The van der Waals surface area contributed by atoms with Gasteiger partial charge in [0, 0.05) is 6.54 Å². The van der Waals surface area contributed by atoms with Crippen molar-refractivity contribution in [2.24, 2.45) is 5.73 Å². The molecule has 4 nitrogen and oxygen atoms in total. The molecular formula is C13H17N3O. The molecule has 0 aliphatic heterocycles. The summed E-state index contributed by atoms with van der Waals surface area (Å²) in [5, 5.41) is 0.686. The summed E-state index contributed by atoms with van der Waals surface area (Å²) >= 11 is 0. The fourth-order valence-electron chi connectivity index (χ4n) is 1.96. The maximum absolute atomic E-state index is 12.2. The predicted octanol–water partition coefficient (Wildman–Crippen LogP) is 1.44. The van der Waals surface area contributed by atoms with Crippen LogP contribution in [0.5, 0.6) is 0 Å². The smallest absolute Gasteiger partial charge is 0.261 e. The zero-order valence-corrected chi connectivity index (χ0v) is 10.0. The number of hydrogen-bond donors (Lipinski definition) is 1. The highest BCUT2D eigenvalue weighted by molar-refractivity contribution is 5.77. The number of rotatable bonds is 4. The molecule has 17 heavy (non-hydrogen) atoms. The third kappa shape index (κ3) is 2.36. The Morgan fingerprint density at radius 1 is 1.29 bits per heavy atom. The van der Waals surface area contributed by atoms with Gasteiger partial charge in [-0.1, -0.05) is 12.1 Å². The van der Waals surface area contributed by atoms with Crippen LogP contribution in [0, 0.1) is 6.92 Å². The Morgan fingerprint density at radius 2 is 2.06 bits per heavy atom. The van der Waals surface area contributed by atoms with Crippen LogP contribution in [0.3, 0.4) is 0 Å². The van der Waals surface area contributed by atoms with E-state index < -0.39 is 0 Å². The molecule has 90 valence electrons. The van der Waals surface area contributed by atoms with Gasteiger partial charge in [-0.2, -0.15) is 0 Å². The van der Waals surface area contributed by atoms with Crippen molar-refractivity contribution in [2.75, 3.05) is 6.54 Å². The molecule has 0 spiro atoms. The average molecular weight is 231 g/mol. The van der Waals surface area contributed by atoms with Crippen molar-refractivity contribution in [1.29, 1.82) is 0 Å². The minimum atomic E-state index is 0.0464. The van der Waals surface area contributed by atoms with Crippen LogP contribution in [-0.2, 0) is 6.54 Å². The summed E-state index contributed by atoms with van der Waals surface area (Å²) in [6, 6.07) is 7.45. The van der Waals surface area contributed by atoms with Crippen LogP contribution < -0.4 is 11.3 Å². The van der Waals surface area contributed by atoms with Gasteiger partial charge >= 0.3 is 0 Å². The van der Waals surface area contributed by atoms with Crippen molar-refractivity contribution in [3.8, 4) is 0 Å². The fourth-order valence-corrected chi connectivity index (χ4v) is 1.96. The van der Waals surface area contributed by atoms with Crippen LogP contribution in [0.25, 0.3) is 10.9 Å². The van der Waals surface area contributed by atoms with Crippen molar-refractivity contribution in [3.05, 3.63) is 40.4 Å². The lowest BCUT2D eigenvalue weighted by Gasteiger charge is -2.10. The van der Waals surface area contributed by atoms with Gasteiger partial charge in [0.05, 0.1) is 10.9 Å². The highest BCUT2D eigenvalue weighted by Gasteiger charge is 2.06. The van der Waals surface area contributed by atoms with Crippen LogP contribution in [0.2, 0.25) is 0 Å². The first-order chi connectivity index (χ1) is 8.24. The summed E-state index contributed by atoms with van der Waals surface area (Å²) in [4.78, 5) is 16.7. The van der Waals surface area contributed by atoms with Crippen molar-refractivity contribution >= 4 is 10.9 Å². The molecule has 1 aromatic carbocycles. The van der Waals surface area contributed by atoms with Crippen molar-refractivity contribution < 1.29 is 0 Å². The van der Waals surface area contributed by atoms with Crippen molar-refractivity contribution in [2.45, 2.75) is 26.3 Å². The standard InChI is InChI=1S/C13H17N3O/c1-10-15-12-7-3-2-6-11(12)13(17)16(10)9-5-4-8-14/h2-3,6-7H,4-5,8-9,14H2,1H3. The molecule has 4 heteroatoms. The molecule has 2 rings (SSSR count). The topological polar surface area (TPSA) is 60.9 Å². The molecule has 0 aliphatic carbocycles. The SMILES string of the molecule is Cc1nc2ccccc2c(=O)n1CCCCN. The maximum atomic E-state index is 12.2. The maximum Gasteiger partial charge on any atom is 0.261 e. The first-order valence-corrected chi connectivity index (χ1v) is 5.90. The summed E-state index contributed by atoms with van der Waals surface area (Å²) < 4.78 is 1.73. The van der Waals surface area contributed by atoms with Gasteiger partial charge in [0.2, 0.25) is 0 Å². The van der Waals surface area contributed by atoms with E-state index in [4.69, 9.17) is 5.73 Å². The molecule has 0 atom stereocenters. The molecular weight excluding hydrogens is 214 g/mol. The number of nitrogens with two attached hydrogens (primary N) is 1. The number of nitrogens with zero attached hydrogens (tertiary/aromatic N) is 2. The van der Waals surface area contributed by atoms with Crippen molar-refractivity contribution in [3.63, 3.8) is 0 Å². The molecule has 0 unspecified atom stereocenters. The van der Waals surface area contributed by atoms with Crippen LogP contribution in [-0.4, -0.2) is 16.1 Å². The molecule has 0 amide bonds. The van der Waals surface area contributed by atoms with Crippen LogP contribution in [0.4, 0.5) is 0 Å². The zero-order valence-electron chi connectivity index (χ0n) is 10.0. The van der Waals surface area contributed by atoms with Gasteiger partial charge in [0.25, 0.3) is 5.56 Å². The van der Waals surface area contributed by atoms with E-state index in [1.54, 1.807) is 4.57 Å². The molecule has 0 radical (unpaired) electrons. The van der Waals surface area contributed by atoms with Crippen molar-refractivity contribution in [1.82, 2.24) is 9.55 Å². The molecule has 0 aliphatic rings. The summed E-state index contributed by atoms with van der Waals surface area (Å²) in [6.45, 7) is 3.23. The Bertz CT molecular complexity index is 574. The predicted molar refractivity (Wildman–Crippen MR) is 69.0 cm³/mol. The first-order valence-electron chi connectivity index (χ1n) is 5.90. The summed E-state index contributed by atoms with van der Waals surface area (Å²) in [6.07, 6.45) is 1.84. The molecule has 0 fully saturated rings. The van der Waals surface area contributed by atoms with E-state index in [1.807, 2.05) is 31.2 Å². The van der Waals surface area contributed by atoms with E-state index in [-0.39, 0.29) is 5.56 Å². The third-order valence-electron chi connectivity index (χ3n) is 2.89. The number of benzene rings is 1. The Kier molecular flexibility index (Phi) is 3.54. The van der Waals surface area contributed by atoms with E-state index in [2.05, 4.69) is 4.98 Å². The molecule has 1 aromatic heterocycles. The summed E-state index contributed by atoms with van der Waals surface area (Å²) in [7, 11) is 0. The van der Waals surface area contributed by atoms with Gasteiger partial charge in [-0.25, -0.2) is 4.98 Å². The van der Waals surface area contributed by atoms with Gasteiger partial charge in [0.15, 0.2) is 0 Å². The average Bonchev–Trinajstić information content (AvgIpc) is 2.33. The van der Waals surface area contributed by atoms with E-state index in [9.17, 15) is 4.79 Å². The highest BCUT2D eigenvalue weighted by Crippen LogP contribution is 2.07. The second-order valence-corrected chi connectivity index (χ2v) is 4.13. The van der Waals surface area contributed by atoms with Gasteiger partial charge < -0.3 is 5.73 Å². The van der Waals surface area contributed by atoms with Gasteiger partial charge in [-0.05, 0) is 38.4 Å². The normalized spacial score (nSPS) is 10.9. The Labute approximate surface area is 100 Å². The highest BCUT2D eigenvalue weighted by atomic mass is 16.1. The number of aryl methyl sites for hydroxylation is 1. The fraction of sp³-hybridized carbons (Fsp3) is 0.385. The van der Waals surface area contributed by atoms with Crippen LogP contribution in [0.15, 0.2) is 29.1 Å². The lowest BCUT2D eigenvalue weighted by molar-refractivity contribution is 0.579. The number of para-hydroxylation sites is 1. The van der Waals surface area contributed by atoms with E-state index >= 15 is 0 Å². The molecule has 0 saturated heterocycles. The summed E-state index contributed by atoms with van der Waals surface area (Å²) in [5.74, 6) is 0.769. The Morgan fingerprint density at radius 3 is 2.82 bits per heavy atom. The number of aromatic nitrogens is 2. The molecule has 2 N–H and O–H groups in total. The molecule has 2 aromatic rings. The van der Waals surface area contributed by atoms with Gasteiger partial charge in [0.1, 0.15) is 5.82 Å². The minimum absolute atomic E-state index is 0.0464. The van der Waals surface area contributed by atoms with E-state index in [0.717, 1.165) is 24.2 Å². The van der Waals surface area contributed by atoms with Gasteiger partial charge in [-0.3, -0.25) is 9.36 Å². The quantitative estimate of drug-likeness (QED) is 0.810. The molecule has 0 bridgehead atoms. The van der Waals surface area contributed by atoms with E-state index in [0.29, 0.717) is 18.5 Å². The lowest BCUT2D eigenvalue weighted by Crippen LogP contribution is -2.24. The zero-order chi connectivity index (χ0) is 12.3. The second kappa shape index (κ2) is 5.10. The van der Waals surface area contributed by atoms with Crippen LogP contribution >= 0.6 is 0 Å². The monoisotopic (exact) mass is 231 g/mol. The largest absolute Gasteiger partial charge is 0.330 e. The third-order valence-corrected chi connectivity index (χ3v) is 2.89. The van der Waals surface area contributed by atoms with Crippen LogP contribution in [0.1, 0.15) is 18.7 Å². The second-order valence-electron chi connectivity index (χ2n) is 4.13. The molecule has 0 saturated carbocycles. The first kappa shape index (κ1) is 11.8. The Hall–Kier alpha value is -1.68. The minimum Gasteiger partial charge on any atom is -0.330 e. The lowest BCUT2D eigenvalue weighted by atomic mass is 10.2. The summed E-state index contributed by atoms with van der Waals surface area (Å²) in [5.41, 5.74) is 6.27.